The number of nitrogens with zero attached hydrogens (tertiary/aromatic N) is 2. The first-order valence-electron chi connectivity index (χ1n) is 10.9. The third-order valence-corrected chi connectivity index (χ3v) is 5.49. The van der Waals surface area contributed by atoms with Gasteiger partial charge in [-0.1, -0.05) is 53.2 Å². The van der Waals surface area contributed by atoms with Crippen LogP contribution in [0.1, 0.15) is 35.3 Å². The molecule has 1 atom stereocenters. The summed E-state index contributed by atoms with van der Waals surface area (Å²) < 4.78 is 17.0. The van der Waals surface area contributed by atoms with Crippen molar-refractivity contribution in [2.24, 2.45) is 5.16 Å². The van der Waals surface area contributed by atoms with Gasteiger partial charge >= 0.3 is 0 Å². The average Bonchev–Trinajstić information content (AvgIpc) is 2.89. The Hall–Kier alpha value is -3.62. The highest BCUT2D eigenvalue weighted by atomic mass is 35.5. The molecule has 0 saturated heterocycles. The molecule has 8 nitrogen and oxygen atoms in total. The maximum Gasteiger partial charge on any atom is 0.273 e. The molecule has 3 aromatic rings. The molecule has 0 fully saturated rings. The Morgan fingerprint density at radius 1 is 1.11 bits per heavy atom. The van der Waals surface area contributed by atoms with Gasteiger partial charge in [0.15, 0.2) is 5.71 Å². The van der Waals surface area contributed by atoms with Crippen LogP contribution in [0.2, 0.25) is 5.02 Å². The molecule has 35 heavy (non-hydrogen) atoms. The molecule has 0 aliphatic rings. The van der Waals surface area contributed by atoms with E-state index >= 15 is 0 Å². The van der Waals surface area contributed by atoms with Crippen molar-refractivity contribution in [3.63, 3.8) is 0 Å². The highest BCUT2D eigenvalue weighted by Crippen LogP contribution is 2.28. The van der Waals surface area contributed by atoms with E-state index in [-0.39, 0.29) is 30.2 Å². The highest BCUT2D eigenvalue weighted by molar-refractivity contribution is 6.45. The smallest absolute Gasteiger partial charge is 0.273 e. The van der Waals surface area contributed by atoms with Crippen LogP contribution in [-0.4, -0.2) is 37.9 Å². The van der Waals surface area contributed by atoms with E-state index in [1.54, 1.807) is 31.5 Å². The molecule has 1 unspecified atom stereocenters. The molecular weight excluding hydrogens is 470 g/mol. The molecule has 184 valence electrons. The van der Waals surface area contributed by atoms with E-state index in [0.717, 1.165) is 22.4 Å². The molecule has 0 spiro atoms. The number of oxime groups is 1. The minimum absolute atomic E-state index is 0.130. The van der Waals surface area contributed by atoms with Crippen LogP contribution in [0.5, 0.6) is 11.6 Å². The Balaban J connectivity index is 1.66. The first-order valence-corrected chi connectivity index (χ1v) is 11.3. The fourth-order valence-electron chi connectivity index (χ4n) is 3.25. The van der Waals surface area contributed by atoms with E-state index in [1.165, 1.54) is 14.2 Å². The summed E-state index contributed by atoms with van der Waals surface area (Å²) in [6.45, 7) is 2.50. The van der Waals surface area contributed by atoms with Gasteiger partial charge in [-0.3, -0.25) is 4.79 Å². The van der Waals surface area contributed by atoms with Crippen LogP contribution in [0.4, 0.5) is 0 Å². The molecule has 1 N–H and O–H groups in total. The van der Waals surface area contributed by atoms with Gasteiger partial charge in [-0.15, -0.1) is 0 Å². The van der Waals surface area contributed by atoms with Crippen molar-refractivity contribution in [1.82, 2.24) is 10.3 Å². The van der Waals surface area contributed by atoms with Crippen LogP contribution >= 0.6 is 11.6 Å². The molecule has 1 heterocycles. The maximum atomic E-state index is 12.2. The SMILES string of the molecule is CNC(=O)/C(=N\OC)c1ccccc1COc1ncc(C(C)OCc2ccc(OC)cc2)cc1Cl. The van der Waals surface area contributed by atoms with E-state index in [4.69, 9.17) is 30.6 Å². The Labute approximate surface area is 209 Å². The quantitative estimate of drug-likeness (QED) is 0.305. The molecular formula is C26H28ClN3O5. The number of carbonyl (C=O) groups is 1. The summed E-state index contributed by atoms with van der Waals surface area (Å²) in [6.07, 6.45) is 1.45. The third kappa shape index (κ3) is 6.94. The lowest BCUT2D eigenvalue weighted by Gasteiger charge is -2.16. The van der Waals surface area contributed by atoms with E-state index in [0.29, 0.717) is 17.2 Å². The summed E-state index contributed by atoms with van der Waals surface area (Å²) in [4.78, 5) is 21.5. The van der Waals surface area contributed by atoms with Gasteiger partial charge in [-0.05, 0) is 36.2 Å². The van der Waals surface area contributed by atoms with E-state index in [2.05, 4.69) is 15.5 Å². The number of hydrogen-bond acceptors (Lipinski definition) is 7. The first kappa shape index (κ1) is 26.0. The number of nitrogens with one attached hydrogen (secondary N) is 1. The van der Waals surface area contributed by atoms with Crippen LogP contribution in [0.15, 0.2) is 65.9 Å². The van der Waals surface area contributed by atoms with Crippen molar-refractivity contribution in [3.05, 3.63) is 88.1 Å². The Morgan fingerprint density at radius 2 is 1.86 bits per heavy atom. The topological polar surface area (TPSA) is 91.3 Å². The molecule has 0 bridgehead atoms. The summed E-state index contributed by atoms with van der Waals surface area (Å²) in [5.41, 5.74) is 3.31. The number of methoxy groups -OCH3 is 1. The molecule has 1 aromatic heterocycles. The zero-order chi connectivity index (χ0) is 25.2. The molecule has 0 radical (unpaired) electrons. The Morgan fingerprint density at radius 3 is 2.51 bits per heavy atom. The molecule has 9 heteroatoms. The van der Waals surface area contributed by atoms with E-state index in [1.807, 2.05) is 43.3 Å². The van der Waals surface area contributed by atoms with Crippen LogP contribution in [0.3, 0.4) is 0 Å². The second kappa shape index (κ2) is 12.7. The molecule has 0 aliphatic heterocycles. The normalized spacial score (nSPS) is 12.1. The predicted octanol–water partition coefficient (Wildman–Crippen LogP) is 4.70. The maximum absolute atomic E-state index is 12.2. The van der Waals surface area contributed by atoms with Crippen molar-refractivity contribution in [1.29, 1.82) is 0 Å². The number of carbonyl (C=O) groups excluding carboxylic acids is 1. The summed E-state index contributed by atoms with van der Waals surface area (Å²) in [5, 5.41) is 6.78. The van der Waals surface area contributed by atoms with Gasteiger partial charge in [0.1, 0.15) is 24.5 Å². The van der Waals surface area contributed by atoms with E-state index in [9.17, 15) is 4.79 Å². The van der Waals surface area contributed by atoms with Gasteiger partial charge in [0.05, 0.1) is 19.8 Å². The lowest BCUT2D eigenvalue weighted by Crippen LogP contribution is -2.29. The zero-order valence-corrected chi connectivity index (χ0v) is 20.8. The minimum atomic E-state index is -0.372. The number of amides is 1. The van der Waals surface area contributed by atoms with Crippen molar-refractivity contribution in [2.75, 3.05) is 21.3 Å². The van der Waals surface area contributed by atoms with Gasteiger partial charge in [0.2, 0.25) is 5.88 Å². The largest absolute Gasteiger partial charge is 0.497 e. The summed E-state index contributed by atoms with van der Waals surface area (Å²) in [5.74, 6) is 0.702. The number of pyridine rings is 1. The number of halogens is 1. The fraction of sp³-hybridized carbons (Fsp3) is 0.269. The van der Waals surface area contributed by atoms with E-state index < -0.39 is 0 Å². The van der Waals surface area contributed by atoms with Crippen LogP contribution in [0, 0.1) is 0 Å². The Bertz CT molecular complexity index is 1170. The minimum Gasteiger partial charge on any atom is -0.497 e. The number of likely N-dealkylation sites (N-methyl/N-ethyl adjacent to an activating group) is 1. The van der Waals surface area contributed by atoms with Gasteiger partial charge in [-0.2, -0.15) is 0 Å². The number of ether oxygens (including phenoxy) is 3. The molecule has 0 aliphatic carbocycles. The molecule has 0 saturated carbocycles. The number of benzene rings is 2. The number of hydrogen-bond donors (Lipinski definition) is 1. The van der Waals surface area contributed by atoms with Crippen LogP contribution < -0.4 is 14.8 Å². The molecule has 1 amide bonds. The fourth-order valence-corrected chi connectivity index (χ4v) is 3.48. The summed E-state index contributed by atoms with van der Waals surface area (Å²) in [6, 6.07) is 16.7. The summed E-state index contributed by atoms with van der Waals surface area (Å²) in [7, 11) is 4.54. The zero-order valence-electron chi connectivity index (χ0n) is 20.1. The second-order valence-corrected chi connectivity index (χ2v) is 7.91. The lowest BCUT2D eigenvalue weighted by molar-refractivity contribution is -0.114. The third-order valence-electron chi connectivity index (χ3n) is 5.22. The predicted molar refractivity (Wildman–Crippen MR) is 134 cm³/mol. The standard InChI is InChI=1S/C26H28ClN3O5/c1-17(34-15-18-9-11-21(32-3)12-10-18)20-13-23(27)26(29-14-20)35-16-19-7-5-6-8-22(19)24(30-33-4)25(31)28-2/h5-14,17H,15-16H2,1-4H3,(H,28,31)/b30-24-. The van der Waals surface area contributed by atoms with Crippen molar-refractivity contribution < 1.29 is 23.8 Å². The average molecular weight is 498 g/mol. The summed E-state index contributed by atoms with van der Waals surface area (Å²) >= 11 is 6.45. The van der Waals surface area contributed by atoms with Crippen molar-refractivity contribution >= 4 is 23.2 Å². The van der Waals surface area contributed by atoms with Gasteiger partial charge < -0.3 is 24.4 Å². The van der Waals surface area contributed by atoms with Gasteiger partial charge in [-0.25, -0.2) is 4.98 Å². The lowest BCUT2D eigenvalue weighted by atomic mass is 10.0. The number of rotatable bonds is 11. The van der Waals surface area contributed by atoms with Crippen molar-refractivity contribution in [3.8, 4) is 11.6 Å². The Kier molecular flexibility index (Phi) is 9.46. The highest BCUT2D eigenvalue weighted by Gasteiger charge is 2.18. The van der Waals surface area contributed by atoms with Gasteiger partial charge in [0, 0.05) is 24.4 Å². The molecule has 3 rings (SSSR count). The number of aromatic nitrogens is 1. The van der Waals surface area contributed by atoms with Crippen LogP contribution in [-0.2, 0) is 27.6 Å². The van der Waals surface area contributed by atoms with Gasteiger partial charge in [0.25, 0.3) is 5.91 Å². The molecule has 2 aromatic carbocycles. The first-order chi connectivity index (χ1) is 17.0. The van der Waals surface area contributed by atoms with Crippen molar-refractivity contribution in [2.45, 2.75) is 26.2 Å². The monoisotopic (exact) mass is 497 g/mol. The second-order valence-electron chi connectivity index (χ2n) is 7.50. The van der Waals surface area contributed by atoms with Crippen LogP contribution in [0.25, 0.3) is 0 Å².